The van der Waals surface area contributed by atoms with Crippen LogP contribution in [0, 0.1) is 0 Å². The number of benzene rings is 2. The molecule has 0 saturated carbocycles. The quantitative estimate of drug-likeness (QED) is 0.779. The van der Waals surface area contributed by atoms with Gasteiger partial charge in [-0.3, -0.25) is 0 Å². The van der Waals surface area contributed by atoms with Crippen LogP contribution in [0.2, 0.25) is 5.02 Å². The molecule has 0 N–H and O–H groups in total. The van der Waals surface area contributed by atoms with Gasteiger partial charge in [-0.1, -0.05) is 11.6 Å². The van der Waals surface area contributed by atoms with Gasteiger partial charge in [-0.15, -0.1) is 0 Å². The Hall–Kier alpha value is -1.88. The van der Waals surface area contributed by atoms with Crippen molar-refractivity contribution >= 4 is 11.6 Å². The predicted molar refractivity (Wildman–Crippen MR) is 69.5 cm³/mol. The maximum absolute atomic E-state index is 12.9. The number of alkyl halides is 3. The Morgan fingerprint density at radius 2 is 1.55 bits per heavy atom. The molecule has 0 aromatic heterocycles. The minimum atomic E-state index is -4.54. The van der Waals surface area contributed by atoms with E-state index in [9.17, 15) is 13.2 Å². The molecule has 0 aliphatic carbocycles. The van der Waals surface area contributed by atoms with Crippen molar-refractivity contribution in [3.8, 4) is 17.2 Å². The monoisotopic (exact) mass is 302 g/mol. The second kappa shape index (κ2) is 5.63. The van der Waals surface area contributed by atoms with Crippen LogP contribution in [0.25, 0.3) is 0 Å². The summed E-state index contributed by atoms with van der Waals surface area (Å²) in [6.45, 7) is 0. The molecule has 2 nitrogen and oxygen atoms in total. The van der Waals surface area contributed by atoms with Crippen molar-refractivity contribution in [3.05, 3.63) is 53.1 Å². The largest absolute Gasteiger partial charge is 0.497 e. The minimum absolute atomic E-state index is 0.000550. The fourth-order valence-corrected chi connectivity index (χ4v) is 1.76. The lowest BCUT2D eigenvalue weighted by Gasteiger charge is -2.14. The Kier molecular flexibility index (Phi) is 4.09. The Balaban J connectivity index is 2.32. The van der Waals surface area contributed by atoms with Gasteiger partial charge in [-0.2, -0.15) is 13.2 Å². The molecule has 6 heteroatoms. The molecule has 106 valence electrons. The second-order valence-electron chi connectivity index (χ2n) is 3.92. The highest BCUT2D eigenvalue weighted by Gasteiger charge is 2.34. The summed E-state index contributed by atoms with van der Waals surface area (Å²) in [4.78, 5) is 0. The van der Waals surface area contributed by atoms with E-state index in [-0.39, 0.29) is 16.5 Å². The van der Waals surface area contributed by atoms with Crippen molar-refractivity contribution < 1.29 is 22.6 Å². The van der Waals surface area contributed by atoms with E-state index in [1.807, 2.05) is 0 Å². The molecule has 0 spiro atoms. The summed E-state index contributed by atoms with van der Waals surface area (Å²) < 4.78 is 48.9. The summed E-state index contributed by atoms with van der Waals surface area (Å²) in [6, 6.07) is 9.60. The van der Waals surface area contributed by atoms with E-state index >= 15 is 0 Å². The normalized spacial score (nSPS) is 11.2. The molecule has 0 aliphatic rings. The van der Waals surface area contributed by atoms with E-state index < -0.39 is 11.7 Å². The summed E-state index contributed by atoms with van der Waals surface area (Å²) in [5, 5.41) is -0.000550. The molecule has 0 unspecified atom stereocenters. The van der Waals surface area contributed by atoms with Crippen LogP contribution in [-0.4, -0.2) is 7.11 Å². The SMILES string of the molecule is COc1ccc(Oc2ccc(Cl)cc2C(F)(F)F)cc1. The van der Waals surface area contributed by atoms with E-state index in [1.165, 1.54) is 31.4 Å². The molecular formula is C14H10ClF3O2. The average molecular weight is 303 g/mol. The van der Waals surface area contributed by atoms with Crippen LogP contribution in [0.3, 0.4) is 0 Å². The minimum Gasteiger partial charge on any atom is -0.497 e. The van der Waals surface area contributed by atoms with E-state index in [1.54, 1.807) is 12.1 Å². The molecule has 2 aromatic carbocycles. The van der Waals surface area contributed by atoms with Crippen molar-refractivity contribution in [2.24, 2.45) is 0 Å². The second-order valence-corrected chi connectivity index (χ2v) is 4.35. The van der Waals surface area contributed by atoms with Gasteiger partial charge >= 0.3 is 6.18 Å². The van der Waals surface area contributed by atoms with Gasteiger partial charge in [0.1, 0.15) is 17.2 Å². The fourth-order valence-electron chi connectivity index (χ4n) is 1.58. The third kappa shape index (κ3) is 3.36. The van der Waals surface area contributed by atoms with Crippen LogP contribution < -0.4 is 9.47 Å². The Bertz CT molecular complexity index is 594. The third-order valence-corrected chi connectivity index (χ3v) is 2.77. The Morgan fingerprint density at radius 3 is 2.10 bits per heavy atom. The third-order valence-electron chi connectivity index (χ3n) is 2.53. The first-order valence-electron chi connectivity index (χ1n) is 5.59. The molecular weight excluding hydrogens is 293 g/mol. The molecule has 0 radical (unpaired) electrons. The molecule has 0 heterocycles. The molecule has 2 aromatic rings. The van der Waals surface area contributed by atoms with Gasteiger partial charge in [0.15, 0.2) is 0 Å². The van der Waals surface area contributed by atoms with E-state index in [0.29, 0.717) is 5.75 Å². The summed E-state index contributed by atoms with van der Waals surface area (Å²) in [7, 11) is 1.50. The Labute approximate surface area is 118 Å². The molecule has 0 bridgehead atoms. The van der Waals surface area contributed by atoms with E-state index in [4.69, 9.17) is 21.1 Å². The van der Waals surface area contributed by atoms with Crippen LogP contribution in [0.1, 0.15) is 5.56 Å². The number of rotatable bonds is 3. The number of ether oxygens (including phenoxy) is 2. The van der Waals surface area contributed by atoms with Crippen LogP contribution in [0.5, 0.6) is 17.2 Å². The first kappa shape index (κ1) is 14.5. The number of halogens is 4. The smallest absolute Gasteiger partial charge is 0.420 e. The predicted octanol–water partition coefficient (Wildman–Crippen LogP) is 5.16. The zero-order valence-electron chi connectivity index (χ0n) is 10.4. The topological polar surface area (TPSA) is 18.5 Å². The molecule has 0 saturated heterocycles. The summed E-state index contributed by atoms with van der Waals surface area (Å²) in [5.74, 6) is 0.565. The highest BCUT2D eigenvalue weighted by molar-refractivity contribution is 6.30. The summed E-state index contributed by atoms with van der Waals surface area (Å²) in [5.41, 5.74) is -0.916. The Morgan fingerprint density at radius 1 is 0.950 bits per heavy atom. The molecule has 0 atom stereocenters. The summed E-state index contributed by atoms with van der Waals surface area (Å²) >= 11 is 5.59. The average Bonchev–Trinajstić information content (AvgIpc) is 2.40. The van der Waals surface area contributed by atoms with Gasteiger partial charge in [-0.05, 0) is 42.5 Å². The summed E-state index contributed by atoms with van der Waals surface area (Å²) in [6.07, 6.45) is -4.54. The van der Waals surface area contributed by atoms with Crippen LogP contribution in [0.15, 0.2) is 42.5 Å². The molecule has 2 rings (SSSR count). The van der Waals surface area contributed by atoms with Crippen LogP contribution in [-0.2, 0) is 6.18 Å². The standard InChI is InChI=1S/C14H10ClF3O2/c1-19-10-3-5-11(6-4-10)20-13-7-2-9(15)8-12(13)14(16,17)18/h2-8H,1H3. The zero-order chi connectivity index (χ0) is 14.8. The maximum Gasteiger partial charge on any atom is 0.420 e. The number of hydrogen-bond donors (Lipinski definition) is 0. The van der Waals surface area contributed by atoms with E-state index in [0.717, 1.165) is 6.07 Å². The molecule has 0 amide bonds. The lowest BCUT2D eigenvalue weighted by Crippen LogP contribution is -2.07. The highest BCUT2D eigenvalue weighted by atomic mass is 35.5. The van der Waals surface area contributed by atoms with E-state index in [2.05, 4.69) is 0 Å². The first-order valence-corrected chi connectivity index (χ1v) is 5.96. The van der Waals surface area contributed by atoms with Gasteiger partial charge in [0.05, 0.1) is 12.7 Å². The zero-order valence-corrected chi connectivity index (χ0v) is 11.1. The van der Waals surface area contributed by atoms with Gasteiger partial charge in [0.2, 0.25) is 0 Å². The maximum atomic E-state index is 12.9. The lowest BCUT2D eigenvalue weighted by atomic mass is 10.2. The van der Waals surface area contributed by atoms with Gasteiger partial charge in [0, 0.05) is 5.02 Å². The highest BCUT2D eigenvalue weighted by Crippen LogP contribution is 2.39. The van der Waals surface area contributed by atoms with Crippen molar-refractivity contribution in [3.63, 3.8) is 0 Å². The van der Waals surface area contributed by atoms with Crippen molar-refractivity contribution in [2.45, 2.75) is 6.18 Å². The van der Waals surface area contributed by atoms with Gasteiger partial charge in [0.25, 0.3) is 0 Å². The van der Waals surface area contributed by atoms with Crippen molar-refractivity contribution in [1.29, 1.82) is 0 Å². The van der Waals surface area contributed by atoms with Gasteiger partial charge in [-0.25, -0.2) is 0 Å². The number of hydrogen-bond acceptors (Lipinski definition) is 2. The van der Waals surface area contributed by atoms with Crippen LogP contribution >= 0.6 is 11.6 Å². The first-order chi connectivity index (χ1) is 9.40. The van der Waals surface area contributed by atoms with Crippen LogP contribution in [0.4, 0.5) is 13.2 Å². The molecule has 0 aliphatic heterocycles. The fraction of sp³-hybridized carbons (Fsp3) is 0.143. The van der Waals surface area contributed by atoms with Gasteiger partial charge < -0.3 is 9.47 Å². The lowest BCUT2D eigenvalue weighted by molar-refractivity contribution is -0.138. The van der Waals surface area contributed by atoms with Crippen molar-refractivity contribution in [1.82, 2.24) is 0 Å². The molecule has 20 heavy (non-hydrogen) atoms. The number of methoxy groups -OCH3 is 1. The molecule has 0 fully saturated rings. The van der Waals surface area contributed by atoms with Crippen molar-refractivity contribution in [2.75, 3.05) is 7.11 Å².